The molecule has 0 bridgehead atoms. The molecule has 0 amide bonds. The summed E-state index contributed by atoms with van der Waals surface area (Å²) in [6, 6.07) is 3.67. The number of furan rings is 1. The first-order chi connectivity index (χ1) is 7.90. The van der Waals surface area contributed by atoms with Crippen LogP contribution in [0, 0.1) is 6.08 Å². The van der Waals surface area contributed by atoms with E-state index >= 15 is 0 Å². The molecule has 0 spiro atoms. The molecule has 16 heavy (non-hydrogen) atoms. The number of aromatic nitrogens is 2. The molecule has 1 radical (unpaired) electrons. The smallest absolute Gasteiger partial charge is 0.134 e. The molecule has 0 aliphatic heterocycles. The van der Waals surface area contributed by atoms with Gasteiger partial charge in [0.25, 0.3) is 0 Å². The third kappa shape index (κ3) is 2.45. The second-order valence-corrected chi connectivity index (χ2v) is 3.16. The quantitative estimate of drug-likeness (QED) is 0.730. The molecular formula is C13H11N2O. The molecule has 0 saturated heterocycles. The van der Waals surface area contributed by atoms with Crippen LogP contribution in [0.4, 0.5) is 0 Å². The zero-order chi connectivity index (χ0) is 11.2. The Morgan fingerprint density at radius 3 is 3.06 bits per heavy atom. The van der Waals surface area contributed by atoms with Crippen molar-refractivity contribution in [2.75, 3.05) is 0 Å². The topological polar surface area (TPSA) is 38.9 Å². The maximum absolute atomic E-state index is 5.22. The van der Waals surface area contributed by atoms with E-state index in [4.69, 9.17) is 4.42 Å². The summed E-state index contributed by atoms with van der Waals surface area (Å²) in [5.74, 6) is 0.683. The SMILES string of the molecule is C=CCC(=[C]c1ccco1)c1cnccn1. The molecule has 2 rings (SSSR count). The fourth-order valence-electron chi connectivity index (χ4n) is 1.32. The van der Waals surface area contributed by atoms with Gasteiger partial charge in [-0.2, -0.15) is 0 Å². The van der Waals surface area contributed by atoms with Crippen LogP contribution < -0.4 is 0 Å². The molecule has 0 N–H and O–H groups in total. The highest BCUT2D eigenvalue weighted by molar-refractivity contribution is 5.62. The Morgan fingerprint density at radius 2 is 2.44 bits per heavy atom. The summed E-state index contributed by atoms with van der Waals surface area (Å²) in [6.45, 7) is 3.72. The number of hydrogen-bond donors (Lipinski definition) is 0. The molecule has 0 aliphatic rings. The van der Waals surface area contributed by atoms with E-state index in [1.165, 1.54) is 0 Å². The maximum atomic E-state index is 5.22. The average Bonchev–Trinajstić information content (AvgIpc) is 2.83. The van der Waals surface area contributed by atoms with Gasteiger partial charge in [0.2, 0.25) is 0 Å². The van der Waals surface area contributed by atoms with E-state index in [0.29, 0.717) is 12.2 Å². The van der Waals surface area contributed by atoms with Crippen LogP contribution in [0.15, 0.2) is 54.1 Å². The highest BCUT2D eigenvalue weighted by Crippen LogP contribution is 2.17. The van der Waals surface area contributed by atoms with Crippen LogP contribution in [-0.2, 0) is 0 Å². The average molecular weight is 211 g/mol. The lowest BCUT2D eigenvalue weighted by molar-refractivity contribution is 0.546. The van der Waals surface area contributed by atoms with Gasteiger partial charge in [0, 0.05) is 18.5 Å². The first kappa shape index (κ1) is 10.4. The Hall–Kier alpha value is -2.16. The molecule has 0 aromatic carbocycles. The number of allylic oxidation sites excluding steroid dienone is 2. The molecule has 0 unspecified atom stereocenters. The minimum atomic E-state index is 0.680. The van der Waals surface area contributed by atoms with E-state index in [1.807, 2.05) is 12.1 Å². The van der Waals surface area contributed by atoms with Crippen LogP contribution in [0.5, 0.6) is 0 Å². The predicted octanol–water partition coefficient (Wildman–Crippen LogP) is 2.88. The molecule has 79 valence electrons. The number of rotatable bonds is 4. The summed E-state index contributed by atoms with van der Waals surface area (Å²) in [7, 11) is 0. The lowest BCUT2D eigenvalue weighted by atomic mass is 10.1. The lowest BCUT2D eigenvalue weighted by Crippen LogP contribution is -1.90. The second-order valence-electron chi connectivity index (χ2n) is 3.16. The third-order valence-electron chi connectivity index (χ3n) is 2.02. The molecule has 0 atom stereocenters. The van der Waals surface area contributed by atoms with Crippen LogP contribution in [-0.4, -0.2) is 9.97 Å². The van der Waals surface area contributed by atoms with Gasteiger partial charge in [-0.15, -0.1) is 6.58 Å². The van der Waals surface area contributed by atoms with Crippen molar-refractivity contribution in [3.63, 3.8) is 0 Å². The molecule has 2 aromatic rings. The summed E-state index contributed by atoms with van der Waals surface area (Å²) in [5, 5.41) is 0. The first-order valence-electron chi connectivity index (χ1n) is 4.94. The van der Waals surface area contributed by atoms with Gasteiger partial charge < -0.3 is 4.42 Å². The Labute approximate surface area is 94.2 Å². The summed E-state index contributed by atoms with van der Waals surface area (Å²) >= 11 is 0. The standard InChI is InChI=1S/C13H11N2O/c1-2-4-11(9-12-5-3-8-16-12)13-10-14-6-7-15-13/h2-3,5-8,10H,1,4H2. The van der Waals surface area contributed by atoms with Crippen LogP contribution in [0.25, 0.3) is 5.57 Å². The Kier molecular flexibility index (Phi) is 3.28. The van der Waals surface area contributed by atoms with E-state index in [1.54, 1.807) is 30.9 Å². The highest BCUT2D eigenvalue weighted by Gasteiger charge is 2.03. The van der Waals surface area contributed by atoms with Gasteiger partial charge in [-0.3, -0.25) is 9.97 Å². The summed E-state index contributed by atoms with van der Waals surface area (Å²) in [4.78, 5) is 8.26. The highest BCUT2D eigenvalue weighted by atomic mass is 16.3. The molecule has 3 nitrogen and oxygen atoms in total. The van der Waals surface area contributed by atoms with Crippen LogP contribution in [0.2, 0.25) is 0 Å². The molecule has 3 heteroatoms. The van der Waals surface area contributed by atoms with Gasteiger partial charge in [0.05, 0.1) is 18.2 Å². The van der Waals surface area contributed by atoms with Crippen molar-refractivity contribution < 1.29 is 4.42 Å². The van der Waals surface area contributed by atoms with Gasteiger partial charge in [0.15, 0.2) is 0 Å². The van der Waals surface area contributed by atoms with Gasteiger partial charge >= 0.3 is 0 Å². The van der Waals surface area contributed by atoms with Crippen LogP contribution in [0.3, 0.4) is 0 Å². The molecule has 0 fully saturated rings. The van der Waals surface area contributed by atoms with Crippen molar-refractivity contribution in [2.24, 2.45) is 0 Å². The van der Waals surface area contributed by atoms with E-state index in [9.17, 15) is 0 Å². The molecular weight excluding hydrogens is 200 g/mol. The van der Waals surface area contributed by atoms with Gasteiger partial charge in [0.1, 0.15) is 5.76 Å². The van der Waals surface area contributed by atoms with Gasteiger partial charge in [-0.1, -0.05) is 6.08 Å². The van der Waals surface area contributed by atoms with Crippen molar-refractivity contribution in [1.82, 2.24) is 9.97 Å². The minimum Gasteiger partial charge on any atom is -0.464 e. The van der Waals surface area contributed by atoms with E-state index in [2.05, 4.69) is 22.6 Å². The second kappa shape index (κ2) is 5.07. The van der Waals surface area contributed by atoms with Crippen molar-refractivity contribution in [3.8, 4) is 0 Å². The van der Waals surface area contributed by atoms with Gasteiger partial charge in [-0.25, -0.2) is 0 Å². The minimum absolute atomic E-state index is 0.680. The Balaban J connectivity index is 2.34. The summed E-state index contributed by atoms with van der Waals surface area (Å²) < 4.78 is 5.22. The van der Waals surface area contributed by atoms with Crippen molar-refractivity contribution >= 4 is 5.57 Å². The predicted molar refractivity (Wildman–Crippen MR) is 61.3 cm³/mol. The monoisotopic (exact) mass is 211 g/mol. The Morgan fingerprint density at radius 1 is 1.50 bits per heavy atom. The fourth-order valence-corrected chi connectivity index (χ4v) is 1.32. The molecule has 2 aromatic heterocycles. The van der Waals surface area contributed by atoms with Crippen molar-refractivity contribution in [3.05, 3.63) is 67.2 Å². The lowest BCUT2D eigenvalue weighted by Gasteiger charge is -2.01. The first-order valence-corrected chi connectivity index (χ1v) is 4.94. The van der Waals surface area contributed by atoms with Crippen LogP contribution in [0.1, 0.15) is 17.9 Å². The largest absolute Gasteiger partial charge is 0.464 e. The summed E-state index contributed by atoms with van der Waals surface area (Å²) in [6.07, 6.45) is 12.3. The normalized spacial score (nSPS) is 11.4. The fraction of sp³-hybridized carbons (Fsp3) is 0.0769. The molecule has 0 aliphatic carbocycles. The van der Waals surface area contributed by atoms with Crippen LogP contribution >= 0.6 is 0 Å². The Bertz CT molecular complexity index is 472. The number of nitrogens with zero attached hydrogens (tertiary/aromatic N) is 2. The zero-order valence-electron chi connectivity index (χ0n) is 8.76. The summed E-state index contributed by atoms with van der Waals surface area (Å²) in [5.41, 5.74) is 1.71. The van der Waals surface area contributed by atoms with E-state index in [-0.39, 0.29) is 0 Å². The molecule has 2 heterocycles. The van der Waals surface area contributed by atoms with Crippen molar-refractivity contribution in [1.29, 1.82) is 0 Å². The molecule has 0 saturated carbocycles. The maximum Gasteiger partial charge on any atom is 0.134 e. The third-order valence-corrected chi connectivity index (χ3v) is 2.02. The van der Waals surface area contributed by atoms with Gasteiger partial charge in [-0.05, 0) is 24.1 Å². The van der Waals surface area contributed by atoms with E-state index in [0.717, 1.165) is 11.3 Å². The zero-order valence-corrected chi connectivity index (χ0v) is 8.76. The number of hydrogen-bond acceptors (Lipinski definition) is 3. The van der Waals surface area contributed by atoms with Crippen molar-refractivity contribution in [2.45, 2.75) is 6.42 Å². The van der Waals surface area contributed by atoms with E-state index < -0.39 is 0 Å².